The van der Waals surface area contributed by atoms with Crippen molar-refractivity contribution in [3.8, 4) is 5.75 Å². The summed E-state index contributed by atoms with van der Waals surface area (Å²) < 4.78 is 18.7. The Hall–Kier alpha value is -1.38. The van der Waals surface area contributed by atoms with Gasteiger partial charge < -0.3 is 4.74 Å². The van der Waals surface area contributed by atoms with E-state index < -0.39 is 5.82 Å². The van der Waals surface area contributed by atoms with Gasteiger partial charge >= 0.3 is 0 Å². The van der Waals surface area contributed by atoms with Crippen molar-refractivity contribution in [3.05, 3.63) is 28.5 Å². The summed E-state index contributed by atoms with van der Waals surface area (Å²) in [6.07, 6.45) is 3.72. The van der Waals surface area contributed by atoms with Crippen LogP contribution in [0, 0.1) is 11.7 Å². The van der Waals surface area contributed by atoms with E-state index in [9.17, 15) is 9.18 Å². The van der Waals surface area contributed by atoms with Crippen molar-refractivity contribution in [1.82, 2.24) is 0 Å². The number of carbonyl (C=O) groups excluding carboxylic acids is 1. The second-order valence-corrected chi connectivity index (χ2v) is 4.44. The van der Waals surface area contributed by atoms with Crippen LogP contribution in [-0.2, 0) is 11.3 Å². The molecule has 0 aromatic heterocycles. The first-order valence-corrected chi connectivity index (χ1v) is 5.73. The van der Waals surface area contributed by atoms with Gasteiger partial charge in [0, 0.05) is 5.56 Å². The summed E-state index contributed by atoms with van der Waals surface area (Å²) >= 11 is 5.91. The number of hydrogen-bond acceptors (Lipinski definition) is 3. The van der Waals surface area contributed by atoms with Gasteiger partial charge in [-0.15, -0.1) is 0 Å². The van der Waals surface area contributed by atoms with Gasteiger partial charge in [0.25, 0.3) is 0 Å². The van der Waals surface area contributed by atoms with E-state index in [1.165, 1.54) is 18.2 Å². The molecular formula is C12H11ClFNO2. The first-order chi connectivity index (χ1) is 8.20. The fourth-order valence-corrected chi connectivity index (χ4v) is 1.78. The molecule has 2 rings (SSSR count). The molecule has 0 atom stereocenters. The van der Waals surface area contributed by atoms with Crippen molar-refractivity contribution < 1.29 is 13.9 Å². The molecule has 1 aromatic rings. The fraction of sp³-hybridized carbons (Fsp3) is 0.417. The third kappa shape index (κ3) is 3.29. The summed E-state index contributed by atoms with van der Waals surface area (Å²) in [7, 11) is 0. The molecule has 17 heavy (non-hydrogen) atoms. The maximum Gasteiger partial charge on any atom is 0.235 e. The van der Waals surface area contributed by atoms with Crippen molar-refractivity contribution in [2.24, 2.45) is 10.9 Å². The maximum atomic E-state index is 13.2. The second kappa shape index (κ2) is 5.30. The number of ether oxygens (including phenoxy) is 1. The predicted octanol–water partition coefficient (Wildman–Crippen LogP) is 3.10. The summed E-state index contributed by atoms with van der Waals surface area (Å²) in [5, 5.41) is 0.210. The molecule has 1 saturated carbocycles. The molecule has 3 nitrogen and oxygen atoms in total. The molecular weight excluding hydrogens is 245 g/mol. The molecule has 0 heterocycles. The molecule has 0 bridgehead atoms. The van der Waals surface area contributed by atoms with E-state index in [1.54, 1.807) is 0 Å². The van der Waals surface area contributed by atoms with Crippen LogP contribution < -0.4 is 4.74 Å². The van der Waals surface area contributed by atoms with Gasteiger partial charge in [-0.05, 0) is 30.9 Å². The Morgan fingerprint density at radius 1 is 1.53 bits per heavy atom. The van der Waals surface area contributed by atoms with Gasteiger partial charge in [-0.25, -0.2) is 14.2 Å². The Balaban J connectivity index is 2.21. The first kappa shape index (κ1) is 12.1. The minimum Gasteiger partial charge on any atom is -0.491 e. The van der Waals surface area contributed by atoms with E-state index in [0.29, 0.717) is 23.8 Å². The van der Waals surface area contributed by atoms with Gasteiger partial charge in [0.05, 0.1) is 18.2 Å². The van der Waals surface area contributed by atoms with Gasteiger partial charge in [-0.1, -0.05) is 11.6 Å². The lowest BCUT2D eigenvalue weighted by Gasteiger charge is -2.11. The lowest BCUT2D eigenvalue weighted by Crippen LogP contribution is -2.03. The van der Waals surface area contributed by atoms with Crippen LogP contribution in [0.1, 0.15) is 18.4 Å². The lowest BCUT2D eigenvalue weighted by atomic mass is 10.2. The van der Waals surface area contributed by atoms with Crippen molar-refractivity contribution in [3.63, 3.8) is 0 Å². The summed E-state index contributed by atoms with van der Waals surface area (Å²) in [6, 6.07) is 2.47. The minimum absolute atomic E-state index is 0.0287. The van der Waals surface area contributed by atoms with Gasteiger partial charge in [-0.2, -0.15) is 0 Å². The highest BCUT2D eigenvalue weighted by atomic mass is 35.5. The number of benzene rings is 1. The molecule has 0 amide bonds. The van der Waals surface area contributed by atoms with Crippen molar-refractivity contribution in [2.45, 2.75) is 19.4 Å². The monoisotopic (exact) mass is 255 g/mol. The Morgan fingerprint density at radius 3 is 2.94 bits per heavy atom. The molecule has 1 aromatic carbocycles. The second-order valence-electron chi connectivity index (χ2n) is 4.04. The Bertz CT molecular complexity index is 468. The molecule has 0 unspecified atom stereocenters. The van der Waals surface area contributed by atoms with E-state index in [-0.39, 0.29) is 11.6 Å². The Labute approximate surface area is 103 Å². The van der Waals surface area contributed by atoms with Crippen LogP contribution in [0.15, 0.2) is 17.1 Å². The van der Waals surface area contributed by atoms with E-state index >= 15 is 0 Å². The number of aliphatic imine (C=N–C) groups is 1. The predicted molar refractivity (Wildman–Crippen MR) is 61.5 cm³/mol. The lowest BCUT2D eigenvalue weighted by molar-refractivity contribution is 0.296. The quantitative estimate of drug-likeness (QED) is 0.599. The van der Waals surface area contributed by atoms with Crippen LogP contribution in [0.5, 0.6) is 5.75 Å². The summed E-state index contributed by atoms with van der Waals surface area (Å²) in [4.78, 5) is 13.5. The molecule has 1 aliphatic carbocycles. The zero-order chi connectivity index (χ0) is 12.3. The van der Waals surface area contributed by atoms with E-state index in [1.807, 2.05) is 0 Å². The molecule has 0 spiro atoms. The van der Waals surface area contributed by atoms with Crippen molar-refractivity contribution >= 4 is 17.7 Å². The number of rotatable bonds is 5. The molecule has 1 fully saturated rings. The van der Waals surface area contributed by atoms with Crippen molar-refractivity contribution in [1.29, 1.82) is 0 Å². The Kier molecular flexibility index (Phi) is 3.77. The third-order valence-electron chi connectivity index (χ3n) is 2.56. The normalized spacial score (nSPS) is 14.2. The first-order valence-electron chi connectivity index (χ1n) is 5.35. The van der Waals surface area contributed by atoms with Crippen LogP contribution in [0.3, 0.4) is 0 Å². The summed E-state index contributed by atoms with van der Waals surface area (Å²) in [5.74, 6) is 0.516. The van der Waals surface area contributed by atoms with Gasteiger partial charge in [0.2, 0.25) is 6.08 Å². The highest BCUT2D eigenvalue weighted by Crippen LogP contribution is 2.34. The highest BCUT2D eigenvalue weighted by Gasteiger charge is 2.23. The largest absolute Gasteiger partial charge is 0.491 e. The third-order valence-corrected chi connectivity index (χ3v) is 2.84. The average Bonchev–Trinajstić information content (AvgIpc) is 3.08. The van der Waals surface area contributed by atoms with Crippen molar-refractivity contribution in [2.75, 3.05) is 6.61 Å². The molecule has 0 aliphatic heterocycles. The SMILES string of the molecule is O=C=NCc1cc(F)cc(Cl)c1OCC1CC1. The number of isocyanates is 1. The topological polar surface area (TPSA) is 38.7 Å². The Morgan fingerprint density at radius 2 is 2.29 bits per heavy atom. The zero-order valence-corrected chi connectivity index (χ0v) is 9.84. The molecule has 0 N–H and O–H groups in total. The average molecular weight is 256 g/mol. The van der Waals surface area contributed by atoms with Gasteiger partial charge in [0.1, 0.15) is 11.6 Å². The van der Waals surface area contributed by atoms with E-state index in [0.717, 1.165) is 12.8 Å². The molecule has 5 heteroatoms. The molecule has 0 saturated heterocycles. The highest BCUT2D eigenvalue weighted by molar-refractivity contribution is 6.32. The van der Waals surface area contributed by atoms with Crippen LogP contribution in [0.2, 0.25) is 5.02 Å². The molecule has 90 valence electrons. The smallest absolute Gasteiger partial charge is 0.235 e. The van der Waals surface area contributed by atoms with Gasteiger partial charge in [0.15, 0.2) is 0 Å². The standard InChI is InChI=1S/C12H11ClFNO2/c13-11-4-10(14)3-9(5-15-7-16)12(11)17-6-8-1-2-8/h3-4,8H,1-2,5-6H2. The van der Waals surface area contributed by atoms with Crippen LogP contribution >= 0.6 is 11.6 Å². The van der Waals surface area contributed by atoms with Crippen LogP contribution in [-0.4, -0.2) is 12.7 Å². The summed E-state index contributed by atoms with van der Waals surface area (Å²) in [6.45, 7) is 0.601. The minimum atomic E-state index is -0.468. The van der Waals surface area contributed by atoms with Crippen LogP contribution in [0.25, 0.3) is 0 Å². The van der Waals surface area contributed by atoms with E-state index in [2.05, 4.69) is 4.99 Å². The van der Waals surface area contributed by atoms with Crippen LogP contribution in [0.4, 0.5) is 4.39 Å². The maximum absolute atomic E-state index is 13.2. The summed E-state index contributed by atoms with van der Waals surface area (Å²) in [5.41, 5.74) is 0.471. The zero-order valence-electron chi connectivity index (χ0n) is 9.08. The fourth-order valence-electron chi connectivity index (χ4n) is 1.50. The number of nitrogens with zero attached hydrogens (tertiary/aromatic N) is 1. The molecule has 1 aliphatic rings. The van der Waals surface area contributed by atoms with Gasteiger partial charge in [-0.3, -0.25) is 0 Å². The van der Waals surface area contributed by atoms with E-state index in [4.69, 9.17) is 16.3 Å². The number of halogens is 2. The molecule has 0 radical (unpaired) electrons. The number of hydrogen-bond donors (Lipinski definition) is 0.